The van der Waals surface area contributed by atoms with Gasteiger partial charge in [0.05, 0.1) is 12.8 Å². The molecule has 0 aliphatic carbocycles. The van der Waals surface area contributed by atoms with Crippen LogP contribution in [0.5, 0.6) is 5.75 Å². The zero-order valence-electron chi connectivity index (χ0n) is 10.3. The third-order valence-electron chi connectivity index (χ3n) is 3.07. The highest BCUT2D eigenvalue weighted by molar-refractivity contribution is 5.86. The number of methoxy groups -OCH3 is 1. The number of hydrogen-bond acceptors (Lipinski definition) is 3. The average Bonchev–Trinajstić information content (AvgIpc) is 2.37. The molecule has 90 valence electrons. The highest BCUT2D eigenvalue weighted by Crippen LogP contribution is 2.27. The Labute approximate surface area is 102 Å². The lowest BCUT2D eigenvalue weighted by Crippen LogP contribution is -2.06. The summed E-state index contributed by atoms with van der Waals surface area (Å²) in [6.07, 6.45) is 2.81. The molecule has 0 amide bonds. The number of benzene rings is 1. The molecule has 0 aliphatic heterocycles. The van der Waals surface area contributed by atoms with E-state index >= 15 is 0 Å². The molecule has 17 heavy (non-hydrogen) atoms. The molecule has 0 aliphatic rings. The van der Waals surface area contributed by atoms with Gasteiger partial charge in [0.1, 0.15) is 5.75 Å². The van der Waals surface area contributed by atoms with Gasteiger partial charge in [0.25, 0.3) is 0 Å². The van der Waals surface area contributed by atoms with Crippen molar-refractivity contribution in [1.82, 2.24) is 4.98 Å². The minimum Gasteiger partial charge on any atom is -0.497 e. The molecule has 2 N–H and O–H groups in total. The molecule has 0 spiro atoms. The normalized spacial score (nSPS) is 12.6. The first kappa shape index (κ1) is 11.9. The van der Waals surface area contributed by atoms with E-state index in [0.29, 0.717) is 12.5 Å². The second kappa shape index (κ2) is 5.15. The molecule has 1 aromatic carbocycles. The van der Waals surface area contributed by atoms with Crippen LogP contribution in [0.3, 0.4) is 0 Å². The van der Waals surface area contributed by atoms with Gasteiger partial charge >= 0.3 is 0 Å². The molecule has 0 fully saturated rings. The maximum absolute atomic E-state index is 5.61. The van der Waals surface area contributed by atoms with Crippen LogP contribution in [0.2, 0.25) is 0 Å². The van der Waals surface area contributed by atoms with Gasteiger partial charge in [0, 0.05) is 17.5 Å². The summed E-state index contributed by atoms with van der Waals surface area (Å²) in [4.78, 5) is 4.48. The van der Waals surface area contributed by atoms with E-state index in [9.17, 15) is 0 Å². The fraction of sp³-hybridized carbons (Fsp3) is 0.357. The Kier molecular flexibility index (Phi) is 3.59. The topological polar surface area (TPSA) is 48.1 Å². The van der Waals surface area contributed by atoms with Gasteiger partial charge in [-0.25, -0.2) is 0 Å². The van der Waals surface area contributed by atoms with Gasteiger partial charge in [-0.15, -0.1) is 0 Å². The first-order valence-electron chi connectivity index (χ1n) is 5.89. The predicted octanol–water partition coefficient (Wildman–Crippen LogP) is 2.70. The molecule has 1 atom stereocenters. The van der Waals surface area contributed by atoms with Crippen molar-refractivity contribution in [1.29, 1.82) is 0 Å². The zero-order valence-corrected chi connectivity index (χ0v) is 10.3. The highest BCUT2D eigenvalue weighted by atomic mass is 16.5. The molecule has 1 unspecified atom stereocenters. The molecule has 0 radical (unpaired) electrons. The van der Waals surface area contributed by atoms with Crippen LogP contribution in [-0.2, 0) is 0 Å². The van der Waals surface area contributed by atoms with Crippen LogP contribution in [0.15, 0.2) is 30.5 Å². The Bertz CT molecular complexity index is 511. The maximum atomic E-state index is 5.61. The lowest BCUT2D eigenvalue weighted by atomic mass is 9.98. The lowest BCUT2D eigenvalue weighted by Gasteiger charge is -2.13. The number of hydrogen-bond donors (Lipinski definition) is 1. The summed E-state index contributed by atoms with van der Waals surface area (Å²) in [5.74, 6) is 1.26. The number of rotatable bonds is 4. The van der Waals surface area contributed by atoms with E-state index in [4.69, 9.17) is 10.5 Å². The number of ether oxygens (including phenoxy) is 1. The molecule has 0 bridgehead atoms. The van der Waals surface area contributed by atoms with E-state index < -0.39 is 0 Å². The largest absolute Gasteiger partial charge is 0.497 e. The Hall–Kier alpha value is -1.61. The van der Waals surface area contributed by atoms with Crippen molar-refractivity contribution in [3.05, 3.63) is 36.2 Å². The maximum Gasteiger partial charge on any atom is 0.119 e. The molecule has 0 saturated heterocycles. The monoisotopic (exact) mass is 230 g/mol. The molecule has 0 saturated carbocycles. The van der Waals surface area contributed by atoms with Crippen LogP contribution in [0.1, 0.15) is 25.0 Å². The van der Waals surface area contributed by atoms with Gasteiger partial charge in [-0.05, 0) is 42.6 Å². The molecular weight excluding hydrogens is 212 g/mol. The van der Waals surface area contributed by atoms with Crippen LogP contribution in [0, 0.1) is 0 Å². The van der Waals surface area contributed by atoms with Gasteiger partial charge in [-0.3, -0.25) is 4.98 Å². The Morgan fingerprint density at radius 2 is 2.18 bits per heavy atom. The van der Waals surface area contributed by atoms with Gasteiger partial charge < -0.3 is 10.5 Å². The third kappa shape index (κ3) is 2.39. The van der Waals surface area contributed by atoms with Crippen molar-refractivity contribution < 1.29 is 4.74 Å². The number of pyridine rings is 1. The van der Waals surface area contributed by atoms with E-state index in [1.807, 2.05) is 24.4 Å². The van der Waals surface area contributed by atoms with Gasteiger partial charge in [-0.2, -0.15) is 0 Å². The fourth-order valence-corrected chi connectivity index (χ4v) is 2.09. The van der Waals surface area contributed by atoms with Crippen LogP contribution < -0.4 is 10.5 Å². The van der Waals surface area contributed by atoms with Crippen LogP contribution in [-0.4, -0.2) is 18.6 Å². The van der Waals surface area contributed by atoms with Gasteiger partial charge in [-0.1, -0.05) is 6.92 Å². The third-order valence-corrected chi connectivity index (χ3v) is 3.07. The second-order valence-electron chi connectivity index (χ2n) is 4.26. The van der Waals surface area contributed by atoms with Crippen molar-refractivity contribution >= 4 is 10.8 Å². The standard InChI is InChI=1S/C14H18N2O/c1-10(5-7-15)14-13-4-3-12(17-2)9-11(13)6-8-16-14/h3-4,6,8-10H,5,7,15H2,1-2H3. The van der Waals surface area contributed by atoms with Gasteiger partial charge in [0.2, 0.25) is 0 Å². The van der Waals surface area contributed by atoms with Crippen LogP contribution in [0.25, 0.3) is 10.8 Å². The van der Waals surface area contributed by atoms with E-state index in [2.05, 4.69) is 18.0 Å². The summed E-state index contributed by atoms with van der Waals surface area (Å²) in [5.41, 5.74) is 6.73. The van der Waals surface area contributed by atoms with E-state index in [-0.39, 0.29) is 0 Å². The molecule has 1 aromatic heterocycles. The Morgan fingerprint density at radius 3 is 2.88 bits per heavy atom. The van der Waals surface area contributed by atoms with E-state index in [1.54, 1.807) is 7.11 Å². The average molecular weight is 230 g/mol. The second-order valence-corrected chi connectivity index (χ2v) is 4.26. The summed E-state index contributed by atoms with van der Waals surface area (Å²) in [5, 5.41) is 2.35. The minimum absolute atomic E-state index is 0.386. The predicted molar refractivity (Wildman–Crippen MR) is 70.4 cm³/mol. The molecule has 1 heterocycles. The number of aromatic nitrogens is 1. The van der Waals surface area contributed by atoms with Crippen LogP contribution in [0.4, 0.5) is 0 Å². The Morgan fingerprint density at radius 1 is 1.35 bits per heavy atom. The lowest BCUT2D eigenvalue weighted by molar-refractivity contribution is 0.415. The molecular formula is C14H18N2O. The summed E-state index contributed by atoms with van der Waals surface area (Å²) in [6.45, 7) is 2.86. The van der Waals surface area contributed by atoms with E-state index in [1.165, 1.54) is 10.8 Å². The van der Waals surface area contributed by atoms with Crippen molar-refractivity contribution in [2.45, 2.75) is 19.3 Å². The number of fused-ring (bicyclic) bond motifs is 1. The molecule has 3 nitrogen and oxygen atoms in total. The molecule has 3 heteroatoms. The van der Waals surface area contributed by atoms with Crippen molar-refractivity contribution in [3.63, 3.8) is 0 Å². The van der Waals surface area contributed by atoms with E-state index in [0.717, 1.165) is 17.9 Å². The first-order valence-corrected chi connectivity index (χ1v) is 5.89. The summed E-state index contributed by atoms with van der Waals surface area (Å²) in [7, 11) is 1.68. The van der Waals surface area contributed by atoms with Crippen molar-refractivity contribution in [2.75, 3.05) is 13.7 Å². The smallest absolute Gasteiger partial charge is 0.119 e. The SMILES string of the molecule is COc1ccc2c(C(C)CCN)nccc2c1. The quantitative estimate of drug-likeness (QED) is 0.878. The fourth-order valence-electron chi connectivity index (χ4n) is 2.09. The summed E-state index contributed by atoms with van der Waals surface area (Å²) in [6, 6.07) is 8.10. The molecule has 2 aromatic rings. The first-order chi connectivity index (χ1) is 8.26. The summed E-state index contributed by atoms with van der Waals surface area (Å²) < 4.78 is 5.23. The molecule has 2 rings (SSSR count). The number of nitrogens with zero attached hydrogens (tertiary/aromatic N) is 1. The summed E-state index contributed by atoms with van der Waals surface area (Å²) >= 11 is 0. The van der Waals surface area contributed by atoms with Crippen molar-refractivity contribution in [3.8, 4) is 5.75 Å². The Balaban J connectivity index is 2.50. The minimum atomic E-state index is 0.386. The van der Waals surface area contributed by atoms with Crippen LogP contribution >= 0.6 is 0 Å². The van der Waals surface area contributed by atoms with Crippen molar-refractivity contribution in [2.24, 2.45) is 5.73 Å². The highest BCUT2D eigenvalue weighted by Gasteiger charge is 2.10. The van der Waals surface area contributed by atoms with Gasteiger partial charge in [0.15, 0.2) is 0 Å². The number of nitrogens with two attached hydrogens (primary N) is 1. The zero-order chi connectivity index (χ0) is 12.3.